The van der Waals surface area contributed by atoms with Crippen LogP contribution in [-0.2, 0) is 16.0 Å². The van der Waals surface area contributed by atoms with Crippen LogP contribution in [0, 0.1) is 0 Å². The third-order valence-electron chi connectivity index (χ3n) is 5.76. The van der Waals surface area contributed by atoms with Crippen molar-refractivity contribution in [1.82, 2.24) is 5.32 Å². The van der Waals surface area contributed by atoms with E-state index in [1.165, 1.54) is 11.3 Å². The van der Waals surface area contributed by atoms with Crippen molar-refractivity contribution in [1.29, 1.82) is 0 Å². The number of thiophene rings is 1. The molecule has 4 aromatic rings. The van der Waals surface area contributed by atoms with Gasteiger partial charge in [0.25, 0.3) is 0 Å². The first-order chi connectivity index (χ1) is 16.1. The molecule has 1 unspecified atom stereocenters. The quantitative estimate of drug-likeness (QED) is 0.379. The maximum atomic E-state index is 12.5. The van der Waals surface area contributed by atoms with Gasteiger partial charge in [0.1, 0.15) is 24.2 Å². The van der Waals surface area contributed by atoms with Crippen molar-refractivity contribution in [3.63, 3.8) is 0 Å². The molecule has 2 N–H and O–H groups in total. The van der Waals surface area contributed by atoms with Crippen LogP contribution in [0.2, 0.25) is 0 Å². The van der Waals surface area contributed by atoms with Crippen LogP contribution in [-0.4, -0.2) is 29.8 Å². The van der Waals surface area contributed by atoms with Crippen molar-refractivity contribution in [3.8, 4) is 21.8 Å². The van der Waals surface area contributed by atoms with Gasteiger partial charge in [-0.15, -0.1) is 11.3 Å². The fraction of sp³-hybridized carbons (Fsp3) is 0.154. The van der Waals surface area contributed by atoms with E-state index in [9.17, 15) is 14.7 Å². The second-order valence-corrected chi connectivity index (χ2v) is 8.76. The number of aliphatic carboxylic acids is 1. The lowest BCUT2D eigenvalue weighted by molar-refractivity contribution is -0.139. The largest absolute Gasteiger partial charge is 0.480 e. The summed E-state index contributed by atoms with van der Waals surface area (Å²) in [5, 5.41) is 14.0. The fourth-order valence-corrected chi connectivity index (χ4v) is 4.91. The summed E-state index contributed by atoms with van der Waals surface area (Å²) in [4.78, 5) is 25.2. The Morgan fingerprint density at radius 2 is 1.67 bits per heavy atom. The molecule has 1 aliphatic carbocycles. The Balaban J connectivity index is 1.24. The van der Waals surface area contributed by atoms with Crippen molar-refractivity contribution in [2.75, 3.05) is 6.61 Å². The summed E-state index contributed by atoms with van der Waals surface area (Å²) >= 11 is 1.53. The molecule has 0 radical (unpaired) electrons. The first-order valence-electron chi connectivity index (χ1n) is 10.6. The Hall–Kier alpha value is -3.84. The first kappa shape index (κ1) is 21.0. The summed E-state index contributed by atoms with van der Waals surface area (Å²) in [6.45, 7) is 0.121. The van der Waals surface area contributed by atoms with E-state index in [1.807, 2.05) is 53.9 Å². The Labute approximate surface area is 194 Å². The normalized spacial score (nSPS) is 13.2. The van der Waals surface area contributed by atoms with E-state index >= 15 is 0 Å². The summed E-state index contributed by atoms with van der Waals surface area (Å²) < 4.78 is 11.2. The van der Waals surface area contributed by atoms with Gasteiger partial charge in [0.15, 0.2) is 0 Å². The molecular formula is C26H21NO5S. The number of carboxylic acids is 1. The van der Waals surface area contributed by atoms with E-state index in [2.05, 4.69) is 17.4 Å². The number of benzene rings is 2. The van der Waals surface area contributed by atoms with E-state index in [-0.39, 0.29) is 18.9 Å². The fourth-order valence-electron chi connectivity index (χ4n) is 4.22. The van der Waals surface area contributed by atoms with E-state index in [0.29, 0.717) is 11.5 Å². The highest BCUT2D eigenvalue weighted by molar-refractivity contribution is 7.13. The molecule has 6 nitrogen and oxygen atoms in total. The molecule has 0 spiro atoms. The second-order valence-electron chi connectivity index (χ2n) is 7.81. The zero-order chi connectivity index (χ0) is 22.8. The molecule has 5 rings (SSSR count). The van der Waals surface area contributed by atoms with E-state index in [4.69, 9.17) is 9.15 Å². The van der Waals surface area contributed by atoms with Gasteiger partial charge in [-0.05, 0) is 45.8 Å². The number of rotatable bonds is 7. The SMILES string of the molecule is O=C(NC(Cc1ccc(-c2cccs2)o1)C(=O)O)OCC1c2ccccc2-c2ccccc21. The summed E-state index contributed by atoms with van der Waals surface area (Å²) in [7, 11) is 0. The molecule has 166 valence electrons. The van der Waals surface area contributed by atoms with Gasteiger partial charge in [0, 0.05) is 12.3 Å². The van der Waals surface area contributed by atoms with E-state index in [1.54, 1.807) is 12.1 Å². The van der Waals surface area contributed by atoms with Crippen molar-refractivity contribution >= 4 is 23.4 Å². The predicted molar refractivity (Wildman–Crippen MR) is 125 cm³/mol. The number of hydrogen-bond acceptors (Lipinski definition) is 5. The number of ether oxygens (including phenoxy) is 1. The molecule has 2 heterocycles. The van der Waals surface area contributed by atoms with Crippen molar-refractivity contribution < 1.29 is 23.8 Å². The molecule has 33 heavy (non-hydrogen) atoms. The van der Waals surface area contributed by atoms with Crippen molar-refractivity contribution in [2.45, 2.75) is 18.4 Å². The third-order valence-corrected chi connectivity index (χ3v) is 6.65. The van der Waals surface area contributed by atoms with Gasteiger partial charge in [0.2, 0.25) is 0 Å². The third kappa shape index (κ3) is 4.27. The lowest BCUT2D eigenvalue weighted by Gasteiger charge is -2.17. The second kappa shape index (κ2) is 8.96. The number of hydrogen-bond donors (Lipinski definition) is 2. The minimum absolute atomic E-state index is 0.0188. The van der Waals surface area contributed by atoms with Gasteiger partial charge >= 0.3 is 12.1 Å². The highest BCUT2D eigenvalue weighted by atomic mass is 32.1. The van der Waals surface area contributed by atoms with Crippen LogP contribution in [0.15, 0.2) is 82.6 Å². The number of amides is 1. The molecule has 7 heteroatoms. The Kier molecular flexibility index (Phi) is 5.71. The average molecular weight is 460 g/mol. The topological polar surface area (TPSA) is 88.8 Å². The lowest BCUT2D eigenvalue weighted by Crippen LogP contribution is -2.42. The monoisotopic (exact) mass is 459 g/mol. The van der Waals surface area contributed by atoms with Gasteiger partial charge in [-0.25, -0.2) is 9.59 Å². The van der Waals surface area contributed by atoms with Gasteiger partial charge in [-0.3, -0.25) is 0 Å². The summed E-state index contributed by atoms with van der Waals surface area (Å²) in [6, 6.07) is 22.3. The van der Waals surface area contributed by atoms with Crippen molar-refractivity contribution in [2.24, 2.45) is 0 Å². The maximum absolute atomic E-state index is 12.5. The summed E-state index contributed by atoms with van der Waals surface area (Å²) in [5.74, 6) is -0.0996. The molecule has 1 aliphatic rings. The minimum Gasteiger partial charge on any atom is -0.480 e. The van der Waals surface area contributed by atoms with Crippen LogP contribution in [0.5, 0.6) is 0 Å². The molecule has 0 aliphatic heterocycles. The maximum Gasteiger partial charge on any atom is 0.407 e. The number of carbonyl (C=O) groups excluding carboxylic acids is 1. The van der Waals surface area contributed by atoms with Gasteiger partial charge in [0.05, 0.1) is 4.88 Å². The van der Waals surface area contributed by atoms with Crippen LogP contribution in [0.3, 0.4) is 0 Å². The molecule has 0 saturated heterocycles. The molecular weight excluding hydrogens is 438 g/mol. The molecule has 0 bridgehead atoms. The average Bonchev–Trinajstić information content (AvgIpc) is 3.56. The molecule has 1 amide bonds. The number of fused-ring (bicyclic) bond motifs is 3. The number of carbonyl (C=O) groups is 2. The molecule has 2 aromatic heterocycles. The number of alkyl carbamates (subject to hydrolysis) is 1. The van der Waals surface area contributed by atoms with Crippen LogP contribution in [0.1, 0.15) is 22.8 Å². The first-order valence-corrected chi connectivity index (χ1v) is 11.4. The number of carboxylic acid groups (broad SMARTS) is 1. The smallest absolute Gasteiger partial charge is 0.407 e. The standard InChI is InChI=1S/C26H21NO5S/c28-25(29)22(14-16-11-12-23(32-16)24-10-5-13-33-24)27-26(30)31-15-21-19-8-3-1-6-17(19)18-7-2-4-9-20(18)21/h1-13,21-22H,14-15H2,(H,27,30)(H,28,29). The molecule has 0 saturated carbocycles. The van der Waals surface area contributed by atoms with Gasteiger partial charge in [-0.2, -0.15) is 0 Å². The summed E-state index contributed by atoms with van der Waals surface area (Å²) in [6.07, 6.45) is -0.750. The highest BCUT2D eigenvalue weighted by Crippen LogP contribution is 2.44. The Morgan fingerprint density at radius 3 is 2.30 bits per heavy atom. The minimum atomic E-state index is -1.16. The van der Waals surface area contributed by atoms with E-state index < -0.39 is 18.1 Å². The lowest BCUT2D eigenvalue weighted by atomic mass is 9.98. The highest BCUT2D eigenvalue weighted by Gasteiger charge is 2.30. The predicted octanol–water partition coefficient (Wildman–Crippen LogP) is 5.54. The molecule has 2 aromatic carbocycles. The Morgan fingerprint density at radius 1 is 0.970 bits per heavy atom. The summed E-state index contributed by atoms with van der Waals surface area (Å²) in [5.41, 5.74) is 4.45. The van der Waals surface area contributed by atoms with E-state index in [0.717, 1.165) is 27.1 Å². The van der Waals surface area contributed by atoms with Crippen LogP contribution >= 0.6 is 11.3 Å². The van der Waals surface area contributed by atoms with Crippen LogP contribution in [0.4, 0.5) is 4.79 Å². The Bertz CT molecular complexity index is 1250. The van der Waals surface area contributed by atoms with Crippen LogP contribution < -0.4 is 5.32 Å². The van der Waals surface area contributed by atoms with Gasteiger partial charge < -0.3 is 19.6 Å². The zero-order valence-corrected chi connectivity index (χ0v) is 18.4. The molecule has 0 fully saturated rings. The van der Waals surface area contributed by atoms with Gasteiger partial charge in [-0.1, -0.05) is 54.6 Å². The van der Waals surface area contributed by atoms with Crippen LogP contribution in [0.25, 0.3) is 21.8 Å². The van der Waals surface area contributed by atoms with Crippen molar-refractivity contribution in [3.05, 3.63) is 95.1 Å². The number of nitrogens with one attached hydrogen (secondary N) is 1. The zero-order valence-electron chi connectivity index (χ0n) is 17.6. The molecule has 1 atom stereocenters. The number of furan rings is 1.